The van der Waals surface area contributed by atoms with Gasteiger partial charge in [-0.3, -0.25) is 10.1 Å². The van der Waals surface area contributed by atoms with Crippen LogP contribution in [0, 0.1) is 21.4 Å². The van der Waals surface area contributed by atoms with Crippen molar-refractivity contribution in [2.24, 2.45) is 0 Å². The summed E-state index contributed by atoms with van der Waals surface area (Å²) < 4.78 is 5.04. The average Bonchev–Trinajstić information content (AvgIpc) is 2.34. The highest BCUT2D eigenvalue weighted by Gasteiger charge is 2.20. The van der Waals surface area contributed by atoms with Crippen LogP contribution in [0.3, 0.4) is 0 Å². The highest BCUT2D eigenvalue weighted by atomic mass is 16.6. The molecule has 1 N–H and O–H groups in total. The van der Waals surface area contributed by atoms with Crippen molar-refractivity contribution >= 4 is 11.8 Å². The average molecular weight is 277 g/mol. The van der Waals surface area contributed by atoms with Gasteiger partial charge in [0.15, 0.2) is 0 Å². The number of nitro groups is 1. The molecule has 1 amide bonds. The zero-order chi connectivity index (χ0) is 15.3. The van der Waals surface area contributed by atoms with Gasteiger partial charge in [0.25, 0.3) is 5.69 Å². The molecule has 0 aliphatic carbocycles. The molecule has 0 aromatic heterocycles. The number of carbonyl (C=O) groups is 1. The molecule has 1 aromatic carbocycles. The van der Waals surface area contributed by atoms with E-state index in [1.54, 1.807) is 20.8 Å². The Labute approximate surface area is 116 Å². The van der Waals surface area contributed by atoms with E-state index in [0.29, 0.717) is 5.56 Å². The third kappa shape index (κ3) is 4.57. The lowest BCUT2D eigenvalue weighted by Crippen LogP contribution is -2.34. The quantitative estimate of drug-likeness (QED) is 0.675. The van der Waals surface area contributed by atoms with Crippen molar-refractivity contribution in [3.05, 3.63) is 39.9 Å². The van der Waals surface area contributed by atoms with Gasteiger partial charge in [0.1, 0.15) is 11.6 Å². The van der Waals surface area contributed by atoms with Gasteiger partial charge in [-0.2, -0.15) is 5.26 Å². The van der Waals surface area contributed by atoms with Crippen LogP contribution in [0.5, 0.6) is 0 Å². The van der Waals surface area contributed by atoms with E-state index in [1.807, 2.05) is 6.07 Å². The van der Waals surface area contributed by atoms with E-state index in [1.165, 1.54) is 24.3 Å². The maximum absolute atomic E-state index is 11.6. The number of hydrogen-bond donors (Lipinski definition) is 1. The van der Waals surface area contributed by atoms with Crippen molar-refractivity contribution in [3.8, 4) is 6.07 Å². The second-order valence-electron chi connectivity index (χ2n) is 5.06. The van der Waals surface area contributed by atoms with Crippen LogP contribution in [0.4, 0.5) is 10.5 Å². The molecule has 0 radical (unpaired) electrons. The number of benzene rings is 1. The van der Waals surface area contributed by atoms with Crippen molar-refractivity contribution in [1.82, 2.24) is 5.32 Å². The Hall–Kier alpha value is -2.62. The molecule has 0 fully saturated rings. The molecule has 1 aromatic rings. The van der Waals surface area contributed by atoms with Gasteiger partial charge < -0.3 is 10.1 Å². The Kier molecular flexibility index (Phi) is 4.64. The number of hydrogen-bond acceptors (Lipinski definition) is 5. The topological polar surface area (TPSA) is 105 Å². The van der Waals surface area contributed by atoms with Gasteiger partial charge in [0.2, 0.25) is 0 Å². The molecule has 0 saturated carbocycles. The third-order valence-electron chi connectivity index (χ3n) is 2.23. The minimum absolute atomic E-state index is 0.0808. The summed E-state index contributed by atoms with van der Waals surface area (Å²) in [5.74, 6) is 0. The van der Waals surface area contributed by atoms with Crippen LogP contribution in [0.2, 0.25) is 0 Å². The molecule has 0 bridgehead atoms. The summed E-state index contributed by atoms with van der Waals surface area (Å²) in [4.78, 5) is 21.6. The van der Waals surface area contributed by atoms with Crippen LogP contribution >= 0.6 is 0 Å². The highest BCUT2D eigenvalue weighted by Crippen LogP contribution is 2.18. The zero-order valence-corrected chi connectivity index (χ0v) is 11.4. The summed E-state index contributed by atoms with van der Waals surface area (Å²) in [5, 5.41) is 22.0. The van der Waals surface area contributed by atoms with Crippen LogP contribution in [0.1, 0.15) is 32.4 Å². The Balaban J connectivity index is 2.79. The molecule has 0 saturated heterocycles. The first-order valence-electron chi connectivity index (χ1n) is 5.86. The van der Waals surface area contributed by atoms with Crippen molar-refractivity contribution in [2.75, 3.05) is 0 Å². The lowest BCUT2D eigenvalue weighted by molar-refractivity contribution is -0.384. The van der Waals surface area contributed by atoms with Crippen LogP contribution in [0.15, 0.2) is 24.3 Å². The Morgan fingerprint density at radius 1 is 1.40 bits per heavy atom. The van der Waals surface area contributed by atoms with E-state index in [4.69, 9.17) is 10.00 Å². The summed E-state index contributed by atoms with van der Waals surface area (Å²) in [6.07, 6.45) is -0.720. The SMILES string of the molecule is CC(C)(C)OC(=O)NC(C#N)c1ccc([N+](=O)[O-])cc1. The predicted molar refractivity (Wildman–Crippen MR) is 70.8 cm³/mol. The van der Waals surface area contributed by atoms with E-state index < -0.39 is 22.7 Å². The molecule has 7 nitrogen and oxygen atoms in total. The molecule has 20 heavy (non-hydrogen) atoms. The Bertz CT molecular complexity index is 540. The first-order valence-corrected chi connectivity index (χ1v) is 5.86. The number of nitro benzene ring substituents is 1. The molecule has 0 spiro atoms. The van der Waals surface area contributed by atoms with Crippen molar-refractivity contribution in [2.45, 2.75) is 32.4 Å². The lowest BCUT2D eigenvalue weighted by atomic mass is 10.1. The molecule has 106 valence electrons. The summed E-state index contributed by atoms with van der Waals surface area (Å²) in [5.41, 5.74) is -0.300. The van der Waals surface area contributed by atoms with Crippen molar-refractivity contribution in [3.63, 3.8) is 0 Å². The fourth-order valence-electron chi connectivity index (χ4n) is 1.40. The van der Waals surface area contributed by atoms with E-state index in [0.717, 1.165) is 0 Å². The van der Waals surface area contributed by atoms with Gasteiger partial charge in [0, 0.05) is 12.1 Å². The number of nitrogens with zero attached hydrogens (tertiary/aromatic N) is 2. The second kappa shape index (κ2) is 6.02. The Morgan fingerprint density at radius 2 is 1.95 bits per heavy atom. The third-order valence-corrected chi connectivity index (χ3v) is 2.23. The first-order chi connectivity index (χ1) is 9.23. The monoisotopic (exact) mass is 277 g/mol. The predicted octanol–water partition coefficient (Wildman–Crippen LogP) is 2.68. The number of rotatable bonds is 3. The fourth-order valence-corrected chi connectivity index (χ4v) is 1.40. The van der Waals surface area contributed by atoms with Crippen molar-refractivity contribution < 1.29 is 14.5 Å². The molecule has 1 atom stereocenters. The molecule has 7 heteroatoms. The van der Waals surface area contributed by atoms with Gasteiger partial charge in [-0.25, -0.2) is 4.79 Å². The number of nitrogens with one attached hydrogen (secondary N) is 1. The number of ether oxygens (including phenoxy) is 1. The number of amides is 1. The van der Waals surface area contributed by atoms with E-state index in [2.05, 4.69) is 5.32 Å². The molecular weight excluding hydrogens is 262 g/mol. The van der Waals surface area contributed by atoms with Crippen molar-refractivity contribution in [1.29, 1.82) is 5.26 Å². The summed E-state index contributed by atoms with van der Waals surface area (Å²) in [6, 6.07) is 6.37. The van der Waals surface area contributed by atoms with Gasteiger partial charge in [-0.05, 0) is 38.5 Å². The summed E-state index contributed by atoms with van der Waals surface area (Å²) >= 11 is 0. The summed E-state index contributed by atoms with van der Waals surface area (Å²) in [7, 11) is 0. The minimum atomic E-state index is -0.925. The maximum atomic E-state index is 11.6. The molecular formula is C13H15N3O4. The highest BCUT2D eigenvalue weighted by molar-refractivity contribution is 5.69. The molecule has 0 aliphatic heterocycles. The first kappa shape index (κ1) is 15.4. The van der Waals surface area contributed by atoms with Crippen LogP contribution < -0.4 is 5.32 Å². The molecule has 1 unspecified atom stereocenters. The largest absolute Gasteiger partial charge is 0.444 e. The second-order valence-corrected chi connectivity index (χ2v) is 5.06. The smallest absolute Gasteiger partial charge is 0.408 e. The number of carbonyl (C=O) groups excluding carboxylic acids is 1. The van der Waals surface area contributed by atoms with Gasteiger partial charge in [0.05, 0.1) is 11.0 Å². The lowest BCUT2D eigenvalue weighted by Gasteiger charge is -2.21. The molecule has 0 heterocycles. The van der Waals surface area contributed by atoms with Crippen LogP contribution in [-0.4, -0.2) is 16.6 Å². The van der Waals surface area contributed by atoms with Gasteiger partial charge >= 0.3 is 6.09 Å². The standard InChI is InChI=1S/C13H15N3O4/c1-13(2,3)20-12(17)15-11(8-14)9-4-6-10(7-5-9)16(18)19/h4-7,11H,1-3H3,(H,15,17). The number of nitriles is 1. The van der Waals surface area contributed by atoms with Gasteiger partial charge in [-0.1, -0.05) is 0 Å². The van der Waals surface area contributed by atoms with Crippen LogP contribution in [-0.2, 0) is 4.74 Å². The zero-order valence-electron chi connectivity index (χ0n) is 11.4. The van der Waals surface area contributed by atoms with E-state index >= 15 is 0 Å². The molecule has 1 rings (SSSR count). The summed E-state index contributed by atoms with van der Waals surface area (Å²) in [6.45, 7) is 5.12. The Morgan fingerprint density at radius 3 is 2.35 bits per heavy atom. The van der Waals surface area contributed by atoms with E-state index in [-0.39, 0.29) is 5.69 Å². The number of alkyl carbamates (subject to hydrolysis) is 1. The van der Waals surface area contributed by atoms with Crippen LogP contribution in [0.25, 0.3) is 0 Å². The molecule has 0 aliphatic rings. The fraction of sp³-hybridized carbons (Fsp3) is 0.385. The van der Waals surface area contributed by atoms with E-state index in [9.17, 15) is 14.9 Å². The van der Waals surface area contributed by atoms with Gasteiger partial charge in [-0.15, -0.1) is 0 Å². The maximum Gasteiger partial charge on any atom is 0.408 e. The number of non-ortho nitro benzene ring substituents is 1. The minimum Gasteiger partial charge on any atom is -0.444 e. The normalized spacial score (nSPS) is 12.1.